The van der Waals surface area contributed by atoms with E-state index in [4.69, 9.17) is 9.72 Å². The molecular weight excluding hydrogens is 252 g/mol. The maximum atomic E-state index is 5.40. The quantitative estimate of drug-likeness (QED) is 0.840. The van der Waals surface area contributed by atoms with Crippen LogP contribution in [0.5, 0.6) is 0 Å². The zero-order valence-corrected chi connectivity index (χ0v) is 11.7. The molecule has 0 saturated carbocycles. The van der Waals surface area contributed by atoms with E-state index in [1.807, 2.05) is 0 Å². The third-order valence-corrected chi connectivity index (χ3v) is 4.30. The second kappa shape index (κ2) is 5.07. The van der Waals surface area contributed by atoms with Crippen molar-refractivity contribution in [3.8, 4) is 0 Å². The molecular formula is C15H20N4O. The van der Waals surface area contributed by atoms with Crippen molar-refractivity contribution in [1.29, 1.82) is 0 Å². The lowest BCUT2D eigenvalue weighted by Crippen LogP contribution is -2.41. The molecule has 0 unspecified atom stereocenters. The molecule has 1 aromatic carbocycles. The first-order valence-corrected chi connectivity index (χ1v) is 7.42. The Morgan fingerprint density at radius 3 is 2.75 bits per heavy atom. The van der Waals surface area contributed by atoms with E-state index in [9.17, 15) is 0 Å². The summed E-state index contributed by atoms with van der Waals surface area (Å²) < 4.78 is 7.74. The molecule has 0 amide bonds. The number of hydrogen-bond acceptors (Lipinski definition) is 4. The highest BCUT2D eigenvalue weighted by molar-refractivity contribution is 5.79. The molecule has 0 aliphatic carbocycles. The summed E-state index contributed by atoms with van der Waals surface area (Å²) >= 11 is 0. The van der Waals surface area contributed by atoms with Gasteiger partial charge in [0.2, 0.25) is 5.95 Å². The first-order chi connectivity index (χ1) is 9.92. The van der Waals surface area contributed by atoms with Gasteiger partial charge in [-0.2, -0.15) is 0 Å². The maximum Gasteiger partial charge on any atom is 0.206 e. The molecule has 2 aromatic rings. The van der Waals surface area contributed by atoms with Crippen molar-refractivity contribution in [2.45, 2.75) is 6.54 Å². The van der Waals surface area contributed by atoms with Crippen molar-refractivity contribution in [1.82, 2.24) is 14.5 Å². The van der Waals surface area contributed by atoms with Gasteiger partial charge < -0.3 is 14.2 Å². The Bertz CT molecular complexity index is 603. The average molecular weight is 272 g/mol. The van der Waals surface area contributed by atoms with Gasteiger partial charge in [0.25, 0.3) is 0 Å². The Morgan fingerprint density at radius 1 is 1.00 bits per heavy atom. The lowest BCUT2D eigenvalue weighted by atomic mass is 10.3. The lowest BCUT2D eigenvalue weighted by Gasteiger charge is -2.28. The molecule has 5 nitrogen and oxygen atoms in total. The molecule has 20 heavy (non-hydrogen) atoms. The molecule has 0 radical (unpaired) electrons. The molecule has 1 saturated heterocycles. The first kappa shape index (κ1) is 12.2. The number of anilines is 1. The van der Waals surface area contributed by atoms with Crippen LogP contribution < -0.4 is 4.90 Å². The predicted molar refractivity (Wildman–Crippen MR) is 79.2 cm³/mol. The number of benzene rings is 1. The number of imidazole rings is 1. The minimum absolute atomic E-state index is 0.874. The standard InChI is InChI=1S/C15H20N4O/c1-2-4-14-13(3-1)16-15-18(7-8-19(14)15)6-5-17-9-11-20-12-10-17/h1-4H,5-12H2. The van der Waals surface area contributed by atoms with Crippen LogP contribution in [0.1, 0.15) is 0 Å². The molecule has 2 aliphatic rings. The van der Waals surface area contributed by atoms with Crippen LogP contribution in [0.3, 0.4) is 0 Å². The highest BCUT2D eigenvalue weighted by Crippen LogP contribution is 2.26. The van der Waals surface area contributed by atoms with Crippen LogP contribution in [0, 0.1) is 0 Å². The predicted octanol–water partition coefficient (Wildman–Crippen LogP) is 1.19. The van der Waals surface area contributed by atoms with E-state index in [2.05, 4.69) is 38.6 Å². The molecule has 0 N–H and O–H groups in total. The van der Waals surface area contributed by atoms with Gasteiger partial charge in [0, 0.05) is 39.3 Å². The smallest absolute Gasteiger partial charge is 0.206 e. The first-order valence-electron chi connectivity index (χ1n) is 7.42. The van der Waals surface area contributed by atoms with Crippen molar-refractivity contribution < 1.29 is 4.74 Å². The second-order valence-corrected chi connectivity index (χ2v) is 5.49. The van der Waals surface area contributed by atoms with Gasteiger partial charge in [-0.05, 0) is 12.1 Å². The normalized spacial score (nSPS) is 19.7. The highest BCUT2D eigenvalue weighted by atomic mass is 16.5. The fourth-order valence-electron chi connectivity index (χ4n) is 3.14. The molecule has 2 aliphatic heterocycles. The third kappa shape index (κ3) is 2.07. The van der Waals surface area contributed by atoms with E-state index in [1.165, 1.54) is 5.52 Å². The Kier molecular flexibility index (Phi) is 3.09. The monoisotopic (exact) mass is 272 g/mol. The third-order valence-electron chi connectivity index (χ3n) is 4.30. The minimum Gasteiger partial charge on any atom is -0.379 e. The van der Waals surface area contributed by atoms with Crippen LogP contribution >= 0.6 is 0 Å². The molecule has 3 heterocycles. The number of nitrogens with zero attached hydrogens (tertiary/aromatic N) is 4. The topological polar surface area (TPSA) is 33.5 Å². The summed E-state index contributed by atoms with van der Waals surface area (Å²) in [5.74, 6) is 1.14. The molecule has 5 heteroatoms. The molecule has 0 bridgehead atoms. The summed E-state index contributed by atoms with van der Waals surface area (Å²) in [6.07, 6.45) is 0. The fraction of sp³-hybridized carbons (Fsp3) is 0.533. The van der Waals surface area contributed by atoms with E-state index in [-0.39, 0.29) is 0 Å². The number of para-hydroxylation sites is 2. The largest absolute Gasteiger partial charge is 0.379 e. The van der Waals surface area contributed by atoms with Gasteiger partial charge in [0.05, 0.1) is 24.2 Å². The molecule has 0 atom stereocenters. The van der Waals surface area contributed by atoms with E-state index >= 15 is 0 Å². The van der Waals surface area contributed by atoms with Crippen LogP contribution in [-0.2, 0) is 11.3 Å². The van der Waals surface area contributed by atoms with Gasteiger partial charge in [0.15, 0.2) is 0 Å². The summed E-state index contributed by atoms with van der Waals surface area (Å²) in [7, 11) is 0. The number of rotatable bonds is 3. The second-order valence-electron chi connectivity index (χ2n) is 5.49. The zero-order chi connectivity index (χ0) is 13.4. The van der Waals surface area contributed by atoms with Crippen molar-refractivity contribution in [2.24, 2.45) is 0 Å². The summed E-state index contributed by atoms with van der Waals surface area (Å²) in [5.41, 5.74) is 2.37. The van der Waals surface area contributed by atoms with Gasteiger partial charge in [-0.15, -0.1) is 0 Å². The van der Waals surface area contributed by atoms with Crippen molar-refractivity contribution in [2.75, 3.05) is 50.8 Å². The van der Waals surface area contributed by atoms with Crippen molar-refractivity contribution in [3.63, 3.8) is 0 Å². The zero-order valence-electron chi connectivity index (χ0n) is 11.7. The molecule has 1 fully saturated rings. The Hall–Kier alpha value is -1.59. The van der Waals surface area contributed by atoms with Gasteiger partial charge in [-0.25, -0.2) is 4.98 Å². The van der Waals surface area contributed by atoms with Gasteiger partial charge >= 0.3 is 0 Å². The van der Waals surface area contributed by atoms with E-state index in [0.717, 1.165) is 63.9 Å². The Balaban J connectivity index is 1.49. The van der Waals surface area contributed by atoms with Crippen molar-refractivity contribution >= 4 is 17.0 Å². The summed E-state index contributed by atoms with van der Waals surface area (Å²) in [6.45, 7) is 8.16. The highest BCUT2D eigenvalue weighted by Gasteiger charge is 2.23. The van der Waals surface area contributed by atoms with E-state index in [0.29, 0.717) is 0 Å². The summed E-state index contributed by atoms with van der Waals surface area (Å²) in [4.78, 5) is 9.68. The van der Waals surface area contributed by atoms with Gasteiger partial charge in [0.1, 0.15) is 0 Å². The van der Waals surface area contributed by atoms with Crippen LogP contribution in [0.15, 0.2) is 24.3 Å². The molecule has 106 valence electrons. The average Bonchev–Trinajstić information content (AvgIpc) is 3.05. The summed E-state index contributed by atoms with van der Waals surface area (Å²) in [6, 6.07) is 8.41. The van der Waals surface area contributed by atoms with Crippen molar-refractivity contribution in [3.05, 3.63) is 24.3 Å². The number of hydrogen-bond donors (Lipinski definition) is 0. The Morgan fingerprint density at radius 2 is 1.85 bits per heavy atom. The van der Waals surface area contributed by atoms with Crippen LogP contribution in [0.2, 0.25) is 0 Å². The van der Waals surface area contributed by atoms with Crippen LogP contribution in [-0.4, -0.2) is 60.4 Å². The number of ether oxygens (including phenoxy) is 1. The molecule has 0 spiro atoms. The Labute approximate surface area is 118 Å². The number of morpholine rings is 1. The van der Waals surface area contributed by atoms with Crippen LogP contribution in [0.4, 0.5) is 5.95 Å². The molecule has 1 aromatic heterocycles. The number of fused-ring (bicyclic) bond motifs is 3. The lowest BCUT2D eigenvalue weighted by molar-refractivity contribution is 0.0392. The van der Waals surface area contributed by atoms with E-state index in [1.54, 1.807) is 0 Å². The maximum absolute atomic E-state index is 5.40. The van der Waals surface area contributed by atoms with E-state index < -0.39 is 0 Å². The van der Waals surface area contributed by atoms with Crippen LogP contribution in [0.25, 0.3) is 11.0 Å². The minimum atomic E-state index is 0.874. The van der Waals surface area contributed by atoms with Gasteiger partial charge in [-0.1, -0.05) is 12.1 Å². The summed E-state index contributed by atoms with van der Waals surface area (Å²) in [5, 5.41) is 0. The fourth-order valence-corrected chi connectivity index (χ4v) is 3.14. The number of aromatic nitrogens is 2. The van der Waals surface area contributed by atoms with Gasteiger partial charge in [-0.3, -0.25) is 4.90 Å². The molecule has 4 rings (SSSR count). The SMILES string of the molecule is c1ccc2c(c1)nc1n2CCN1CCN1CCOCC1.